The highest BCUT2D eigenvalue weighted by Crippen LogP contribution is 2.31. The lowest BCUT2D eigenvalue weighted by Gasteiger charge is -2.26. The summed E-state index contributed by atoms with van der Waals surface area (Å²) in [4.78, 5) is 38.8. The van der Waals surface area contributed by atoms with Crippen LogP contribution >= 0.6 is 0 Å². The van der Waals surface area contributed by atoms with Gasteiger partial charge in [-0.2, -0.15) is 0 Å². The normalized spacial score (nSPS) is 18.8. The van der Waals surface area contributed by atoms with Gasteiger partial charge in [0.2, 0.25) is 5.91 Å². The maximum absolute atomic E-state index is 12.7. The van der Waals surface area contributed by atoms with Crippen LogP contribution in [0.1, 0.15) is 43.0 Å². The molecule has 2 fully saturated rings. The van der Waals surface area contributed by atoms with E-state index in [1.807, 2.05) is 0 Å². The summed E-state index contributed by atoms with van der Waals surface area (Å²) in [5, 5.41) is 9.20. The Bertz CT molecular complexity index is 636. The average molecular weight is 316 g/mol. The van der Waals surface area contributed by atoms with Crippen molar-refractivity contribution in [3.63, 3.8) is 0 Å². The molecule has 122 valence electrons. The van der Waals surface area contributed by atoms with Gasteiger partial charge in [-0.15, -0.1) is 0 Å². The molecule has 1 N–H and O–H groups in total. The third-order valence-electron chi connectivity index (χ3n) is 4.45. The van der Waals surface area contributed by atoms with E-state index in [9.17, 15) is 19.5 Å². The van der Waals surface area contributed by atoms with Crippen molar-refractivity contribution < 1.29 is 19.5 Å². The van der Waals surface area contributed by atoms with Gasteiger partial charge in [-0.25, -0.2) is 4.79 Å². The summed E-state index contributed by atoms with van der Waals surface area (Å²) in [5.74, 6) is -1.16. The summed E-state index contributed by atoms with van der Waals surface area (Å²) in [6.45, 7) is 2.24. The average Bonchev–Trinajstić information content (AvgIpc) is 3.28. The van der Waals surface area contributed by atoms with Crippen molar-refractivity contribution in [3.05, 3.63) is 29.8 Å². The highest BCUT2D eigenvalue weighted by atomic mass is 16.4. The Morgan fingerprint density at radius 2 is 1.91 bits per heavy atom. The summed E-state index contributed by atoms with van der Waals surface area (Å²) >= 11 is 0. The molecule has 1 saturated carbocycles. The third-order valence-corrected chi connectivity index (χ3v) is 4.45. The first-order valence-corrected chi connectivity index (χ1v) is 7.95. The van der Waals surface area contributed by atoms with E-state index in [1.54, 1.807) is 29.2 Å². The standard InChI is InChI=1S/C17H20N2O4/c1-11(17(22)23)19(14-8-9-14)16(21)12-4-6-13(7-5-12)18-10-2-3-15(18)20/h4-7,11,14H,2-3,8-10H2,1H3,(H,22,23). The maximum Gasteiger partial charge on any atom is 0.326 e. The molecule has 1 aromatic carbocycles. The molecular formula is C17H20N2O4. The number of rotatable bonds is 5. The van der Waals surface area contributed by atoms with Gasteiger partial charge in [-0.1, -0.05) is 0 Å². The number of anilines is 1. The van der Waals surface area contributed by atoms with E-state index >= 15 is 0 Å². The SMILES string of the molecule is CC(C(=O)O)N(C(=O)c1ccc(N2CCCC2=O)cc1)C1CC1. The lowest BCUT2D eigenvalue weighted by Crippen LogP contribution is -2.44. The number of nitrogens with zero attached hydrogens (tertiary/aromatic N) is 2. The molecule has 0 bridgehead atoms. The zero-order chi connectivity index (χ0) is 16.6. The molecule has 6 nitrogen and oxygen atoms in total. The minimum atomic E-state index is -0.996. The Balaban J connectivity index is 1.79. The minimum absolute atomic E-state index is 0.0217. The van der Waals surface area contributed by atoms with Crippen LogP contribution in [0, 0.1) is 0 Å². The van der Waals surface area contributed by atoms with Crippen molar-refractivity contribution in [3.8, 4) is 0 Å². The number of hydrogen-bond acceptors (Lipinski definition) is 3. The zero-order valence-electron chi connectivity index (χ0n) is 13.1. The highest BCUT2D eigenvalue weighted by molar-refractivity contribution is 5.99. The number of aliphatic carboxylic acids is 1. The molecule has 0 spiro atoms. The number of amides is 2. The van der Waals surface area contributed by atoms with E-state index in [1.165, 1.54) is 11.8 Å². The quantitative estimate of drug-likeness (QED) is 0.900. The fourth-order valence-corrected chi connectivity index (χ4v) is 2.98. The van der Waals surface area contributed by atoms with E-state index in [2.05, 4.69) is 0 Å². The molecule has 3 rings (SSSR count). The van der Waals surface area contributed by atoms with E-state index in [0.717, 1.165) is 24.9 Å². The first-order chi connectivity index (χ1) is 11.0. The van der Waals surface area contributed by atoms with Crippen LogP contribution in [0.5, 0.6) is 0 Å². The Labute approximate surface area is 134 Å². The number of benzene rings is 1. The molecule has 23 heavy (non-hydrogen) atoms. The fraction of sp³-hybridized carbons (Fsp3) is 0.471. The van der Waals surface area contributed by atoms with Crippen LogP contribution in [0.3, 0.4) is 0 Å². The first-order valence-electron chi connectivity index (χ1n) is 7.95. The van der Waals surface area contributed by atoms with E-state index < -0.39 is 12.0 Å². The van der Waals surface area contributed by atoms with Gasteiger partial charge in [0.15, 0.2) is 0 Å². The van der Waals surface area contributed by atoms with Crippen molar-refractivity contribution in [1.82, 2.24) is 4.90 Å². The summed E-state index contributed by atoms with van der Waals surface area (Å²) in [6, 6.07) is 6.05. The predicted molar refractivity (Wildman–Crippen MR) is 84.3 cm³/mol. The van der Waals surface area contributed by atoms with E-state index in [-0.39, 0.29) is 17.9 Å². The van der Waals surface area contributed by atoms with Crippen molar-refractivity contribution in [2.75, 3.05) is 11.4 Å². The third kappa shape index (κ3) is 3.06. The number of hydrogen-bond donors (Lipinski definition) is 1. The molecule has 0 radical (unpaired) electrons. The first kappa shape index (κ1) is 15.5. The van der Waals surface area contributed by atoms with Crippen LogP contribution in [-0.2, 0) is 9.59 Å². The molecule has 1 aromatic rings. The summed E-state index contributed by atoms with van der Waals surface area (Å²) in [7, 11) is 0. The van der Waals surface area contributed by atoms with Crippen molar-refractivity contribution in [2.24, 2.45) is 0 Å². The zero-order valence-corrected chi connectivity index (χ0v) is 13.1. The maximum atomic E-state index is 12.7. The van der Waals surface area contributed by atoms with Gasteiger partial charge in [-0.3, -0.25) is 9.59 Å². The highest BCUT2D eigenvalue weighted by Gasteiger charge is 2.38. The molecule has 1 atom stereocenters. The summed E-state index contributed by atoms with van der Waals surface area (Å²) in [5.41, 5.74) is 1.24. The fourth-order valence-electron chi connectivity index (χ4n) is 2.98. The monoisotopic (exact) mass is 316 g/mol. The van der Waals surface area contributed by atoms with Gasteiger partial charge >= 0.3 is 5.97 Å². The Morgan fingerprint density at radius 3 is 2.39 bits per heavy atom. The molecule has 1 heterocycles. The molecule has 2 aliphatic rings. The largest absolute Gasteiger partial charge is 0.480 e. The van der Waals surface area contributed by atoms with Gasteiger partial charge in [-0.05, 0) is 50.5 Å². The minimum Gasteiger partial charge on any atom is -0.480 e. The molecule has 0 aromatic heterocycles. The van der Waals surface area contributed by atoms with Crippen LogP contribution < -0.4 is 4.90 Å². The number of carboxylic acids is 1. The van der Waals surface area contributed by atoms with E-state index in [0.29, 0.717) is 18.5 Å². The van der Waals surface area contributed by atoms with Gasteiger partial charge in [0, 0.05) is 30.3 Å². The van der Waals surface area contributed by atoms with Crippen LogP contribution in [0.2, 0.25) is 0 Å². The van der Waals surface area contributed by atoms with Gasteiger partial charge < -0.3 is 14.9 Å². The molecule has 1 aliphatic heterocycles. The van der Waals surface area contributed by atoms with E-state index in [4.69, 9.17) is 0 Å². The van der Waals surface area contributed by atoms with Crippen LogP contribution in [0.25, 0.3) is 0 Å². The van der Waals surface area contributed by atoms with Gasteiger partial charge in [0.05, 0.1) is 0 Å². The second-order valence-electron chi connectivity index (χ2n) is 6.15. The second kappa shape index (κ2) is 6.02. The summed E-state index contributed by atoms with van der Waals surface area (Å²) < 4.78 is 0. The number of carbonyl (C=O) groups excluding carboxylic acids is 2. The van der Waals surface area contributed by atoms with Gasteiger partial charge in [0.25, 0.3) is 5.91 Å². The Hall–Kier alpha value is -2.37. The molecule has 2 amide bonds. The van der Waals surface area contributed by atoms with Crippen molar-refractivity contribution in [2.45, 2.75) is 44.7 Å². The van der Waals surface area contributed by atoms with Crippen LogP contribution in [-0.4, -0.2) is 46.4 Å². The Kier molecular flexibility index (Phi) is 4.07. The lowest BCUT2D eigenvalue weighted by atomic mass is 10.1. The topological polar surface area (TPSA) is 77.9 Å². The number of carbonyl (C=O) groups is 3. The number of carboxylic acid groups (broad SMARTS) is 1. The van der Waals surface area contributed by atoms with Crippen LogP contribution in [0.4, 0.5) is 5.69 Å². The van der Waals surface area contributed by atoms with Crippen molar-refractivity contribution in [1.29, 1.82) is 0 Å². The molecule has 1 aliphatic carbocycles. The van der Waals surface area contributed by atoms with Gasteiger partial charge in [0.1, 0.15) is 6.04 Å². The molecular weight excluding hydrogens is 296 g/mol. The summed E-state index contributed by atoms with van der Waals surface area (Å²) in [6.07, 6.45) is 3.12. The molecule has 1 saturated heterocycles. The molecule has 1 unspecified atom stereocenters. The smallest absolute Gasteiger partial charge is 0.326 e. The van der Waals surface area contributed by atoms with Crippen LogP contribution in [0.15, 0.2) is 24.3 Å². The van der Waals surface area contributed by atoms with Crippen molar-refractivity contribution >= 4 is 23.5 Å². The second-order valence-corrected chi connectivity index (χ2v) is 6.15. The Morgan fingerprint density at radius 1 is 1.26 bits per heavy atom. The lowest BCUT2D eigenvalue weighted by molar-refractivity contribution is -0.141. The molecule has 6 heteroatoms. The predicted octanol–water partition coefficient (Wildman–Crippen LogP) is 1.89.